The van der Waals surface area contributed by atoms with Gasteiger partial charge in [0.05, 0.1) is 28.3 Å². The number of fused-ring (bicyclic) bond motifs is 2. The van der Waals surface area contributed by atoms with Crippen molar-refractivity contribution in [3.05, 3.63) is 59.5 Å². The van der Waals surface area contributed by atoms with E-state index in [4.69, 9.17) is 11.6 Å². The summed E-state index contributed by atoms with van der Waals surface area (Å²) < 4.78 is 1.69. The second-order valence-electron chi connectivity index (χ2n) is 6.16. The molecule has 1 amide bonds. The first-order valence-electron chi connectivity index (χ1n) is 8.44. The standard InChI is InChI=1S/C19H13ClN6O/c20-17-11-3-1-2-4-13(11)23-10-12(17)18-21-6-5-14(24-18)15-9-16-19(27)22-7-8-26(16)25-15/h1-6,9-10H,7-8H2,(H,22,27). The van der Waals surface area contributed by atoms with Crippen molar-refractivity contribution < 1.29 is 4.79 Å². The summed E-state index contributed by atoms with van der Waals surface area (Å²) in [5.41, 5.74) is 3.24. The Bertz CT molecular complexity index is 1200. The topological polar surface area (TPSA) is 85.6 Å². The lowest BCUT2D eigenvalue weighted by Gasteiger charge is -2.13. The molecule has 3 aromatic heterocycles. The van der Waals surface area contributed by atoms with Gasteiger partial charge in [0.15, 0.2) is 5.82 Å². The molecule has 5 rings (SSSR count). The number of nitrogens with one attached hydrogen (secondary N) is 1. The Kier molecular flexibility index (Phi) is 3.61. The molecular weight excluding hydrogens is 364 g/mol. The maximum Gasteiger partial charge on any atom is 0.269 e. The summed E-state index contributed by atoms with van der Waals surface area (Å²) in [6.45, 7) is 1.21. The lowest BCUT2D eigenvalue weighted by atomic mass is 10.1. The van der Waals surface area contributed by atoms with Gasteiger partial charge < -0.3 is 5.32 Å². The summed E-state index contributed by atoms with van der Waals surface area (Å²) in [5, 5.41) is 8.71. The lowest BCUT2D eigenvalue weighted by Crippen LogP contribution is -2.35. The minimum Gasteiger partial charge on any atom is -0.349 e. The number of amides is 1. The number of hydrogen-bond acceptors (Lipinski definition) is 5. The highest BCUT2D eigenvalue weighted by Crippen LogP contribution is 2.32. The molecule has 0 fully saturated rings. The van der Waals surface area contributed by atoms with Crippen LogP contribution in [0.25, 0.3) is 33.7 Å². The van der Waals surface area contributed by atoms with Crippen LogP contribution >= 0.6 is 11.6 Å². The summed E-state index contributed by atoms with van der Waals surface area (Å²) in [4.78, 5) is 25.4. The fourth-order valence-electron chi connectivity index (χ4n) is 3.16. The predicted octanol–water partition coefficient (Wildman–Crippen LogP) is 2.95. The van der Waals surface area contributed by atoms with E-state index >= 15 is 0 Å². The first kappa shape index (κ1) is 15.9. The smallest absolute Gasteiger partial charge is 0.269 e. The van der Waals surface area contributed by atoms with Gasteiger partial charge in [-0.25, -0.2) is 9.97 Å². The molecule has 4 heterocycles. The van der Waals surface area contributed by atoms with E-state index < -0.39 is 0 Å². The minimum absolute atomic E-state index is 0.129. The molecule has 0 bridgehead atoms. The van der Waals surface area contributed by atoms with E-state index in [1.165, 1.54) is 0 Å². The van der Waals surface area contributed by atoms with Crippen LogP contribution in [0.5, 0.6) is 0 Å². The van der Waals surface area contributed by atoms with Gasteiger partial charge in [-0.1, -0.05) is 29.8 Å². The largest absolute Gasteiger partial charge is 0.349 e. The Morgan fingerprint density at radius 3 is 2.89 bits per heavy atom. The molecule has 1 aliphatic heterocycles. The molecule has 27 heavy (non-hydrogen) atoms. The van der Waals surface area contributed by atoms with Crippen molar-refractivity contribution in [2.75, 3.05) is 6.54 Å². The van der Waals surface area contributed by atoms with Gasteiger partial charge in [-0.2, -0.15) is 5.10 Å². The molecule has 1 aliphatic rings. The molecule has 0 unspecified atom stereocenters. The molecular formula is C19H13ClN6O. The SMILES string of the molecule is O=C1NCCn2nc(-c3ccnc(-c4cnc5ccccc5c4Cl)n3)cc21. The van der Waals surface area contributed by atoms with Crippen LogP contribution in [0.4, 0.5) is 0 Å². The molecule has 0 radical (unpaired) electrons. The molecule has 0 spiro atoms. The number of rotatable bonds is 2. The molecule has 8 heteroatoms. The second kappa shape index (κ2) is 6.14. The highest BCUT2D eigenvalue weighted by atomic mass is 35.5. The van der Waals surface area contributed by atoms with Gasteiger partial charge in [-0.3, -0.25) is 14.5 Å². The average molecular weight is 377 g/mol. The summed E-state index contributed by atoms with van der Waals surface area (Å²) in [6.07, 6.45) is 3.33. The van der Waals surface area contributed by atoms with E-state index in [1.54, 1.807) is 29.2 Å². The molecule has 0 saturated carbocycles. The maximum atomic E-state index is 12.0. The van der Waals surface area contributed by atoms with Crippen LogP contribution in [-0.2, 0) is 6.54 Å². The Hall–Kier alpha value is -3.32. The van der Waals surface area contributed by atoms with E-state index in [0.717, 1.165) is 10.9 Å². The third kappa shape index (κ3) is 2.63. The zero-order chi connectivity index (χ0) is 18.4. The van der Waals surface area contributed by atoms with Gasteiger partial charge in [0.1, 0.15) is 11.4 Å². The van der Waals surface area contributed by atoms with Crippen LogP contribution < -0.4 is 5.32 Å². The van der Waals surface area contributed by atoms with Crippen molar-refractivity contribution in [1.82, 2.24) is 30.0 Å². The third-order valence-corrected chi connectivity index (χ3v) is 4.90. The van der Waals surface area contributed by atoms with Crippen LogP contribution in [0.2, 0.25) is 5.02 Å². The number of aromatic nitrogens is 5. The Balaban J connectivity index is 1.61. The summed E-state index contributed by atoms with van der Waals surface area (Å²) >= 11 is 6.58. The highest BCUT2D eigenvalue weighted by molar-refractivity contribution is 6.37. The van der Waals surface area contributed by atoms with Gasteiger partial charge in [0.2, 0.25) is 0 Å². The number of para-hydroxylation sites is 1. The van der Waals surface area contributed by atoms with Crippen LogP contribution in [0.15, 0.2) is 48.8 Å². The van der Waals surface area contributed by atoms with Crippen molar-refractivity contribution in [2.45, 2.75) is 6.54 Å². The monoisotopic (exact) mass is 376 g/mol. The molecule has 132 valence electrons. The molecule has 0 atom stereocenters. The fraction of sp³-hybridized carbons (Fsp3) is 0.105. The molecule has 1 aromatic carbocycles. The lowest BCUT2D eigenvalue weighted by molar-refractivity contribution is 0.0924. The zero-order valence-corrected chi connectivity index (χ0v) is 14.8. The number of benzene rings is 1. The summed E-state index contributed by atoms with van der Waals surface area (Å²) in [5.74, 6) is 0.335. The van der Waals surface area contributed by atoms with E-state index in [0.29, 0.717) is 46.6 Å². The van der Waals surface area contributed by atoms with Crippen LogP contribution in [0, 0.1) is 0 Å². The molecule has 0 saturated heterocycles. The molecule has 0 aliphatic carbocycles. The van der Waals surface area contributed by atoms with Crippen molar-refractivity contribution >= 4 is 28.4 Å². The number of carbonyl (C=O) groups excluding carboxylic acids is 1. The maximum absolute atomic E-state index is 12.0. The molecule has 7 nitrogen and oxygen atoms in total. The van der Waals surface area contributed by atoms with Gasteiger partial charge in [0.25, 0.3) is 5.91 Å². The third-order valence-electron chi connectivity index (χ3n) is 4.49. The van der Waals surface area contributed by atoms with E-state index in [9.17, 15) is 4.79 Å². The van der Waals surface area contributed by atoms with Crippen molar-refractivity contribution in [1.29, 1.82) is 0 Å². The first-order valence-corrected chi connectivity index (χ1v) is 8.81. The van der Waals surface area contributed by atoms with Gasteiger partial charge in [-0.05, 0) is 18.2 Å². The van der Waals surface area contributed by atoms with Crippen molar-refractivity contribution in [3.63, 3.8) is 0 Å². The molecule has 4 aromatic rings. The summed E-state index contributed by atoms with van der Waals surface area (Å²) in [7, 11) is 0. The Morgan fingerprint density at radius 2 is 2.00 bits per heavy atom. The summed E-state index contributed by atoms with van der Waals surface area (Å²) in [6, 6.07) is 11.2. The number of pyridine rings is 1. The Morgan fingerprint density at radius 1 is 1.11 bits per heavy atom. The molecule has 1 N–H and O–H groups in total. The second-order valence-corrected chi connectivity index (χ2v) is 6.54. The first-order chi connectivity index (χ1) is 13.2. The minimum atomic E-state index is -0.129. The zero-order valence-electron chi connectivity index (χ0n) is 14.1. The number of nitrogens with zero attached hydrogens (tertiary/aromatic N) is 5. The van der Waals surface area contributed by atoms with E-state index in [2.05, 4.69) is 25.4 Å². The number of hydrogen-bond donors (Lipinski definition) is 1. The van der Waals surface area contributed by atoms with Crippen LogP contribution in [0.3, 0.4) is 0 Å². The average Bonchev–Trinajstić information content (AvgIpc) is 3.15. The van der Waals surface area contributed by atoms with Gasteiger partial charge in [-0.15, -0.1) is 0 Å². The van der Waals surface area contributed by atoms with Crippen LogP contribution in [0.1, 0.15) is 10.5 Å². The van der Waals surface area contributed by atoms with Gasteiger partial charge in [0, 0.05) is 24.3 Å². The van der Waals surface area contributed by atoms with Crippen LogP contribution in [-0.4, -0.2) is 37.2 Å². The van der Waals surface area contributed by atoms with Gasteiger partial charge >= 0.3 is 0 Å². The number of carbonyl (C=O) groups is 1. The fourth-order valence-corrected chi connectivity index (χ4v) is 3.45. The quantitative estimate of drug-likeness (QED) is 0.581. The predicted molar refractivity (Wildman–Crippen MR) is 101 cm³/mol. The van der Waals surface area contributed by atoms with E-state index in [1.807, 2.05) is 24.3 Å². The highest BCUT2D eigenvalue weighted by Gasteiger charge is 2.21. The normalized spacial score (nSPS) is 13.4. The van der Waals surface area contributed by atoms with E-state index in [-0.39, 0.29) is 5.91 Å². The Labute approximate surface area is 159 Å². The van der Waals surface area contributed by atoms with Crippen molar-refractivity contribution in [3.8, 4) is 22.8 Å². The van der Waals surface area contributed by atoms with Crippen molar-refractivity contribution in [2.24, 2.45) is 0 Å². The number of halogens is 1.